The molecule has 2 aromatic rings. The van der Waals surface area contributed by atoms with Gasteiger partial charge in [0.2, 0.25) is 5.91 Å². The summed E-state index contributed by atoms with van der Waals surface area (Å²) < 4.78 is 2.01. The van der Waals surface area contributed by atoms with Crippen LogP contribution in [0.25, 0.3) is 0 Å². The lowest BCUT2D eigenvalue weighted by Crippen LogP contribution is -2.56. The first kappa shape index (κ1) is 31.6. The third-order valence-electron chi connectivity index (χ3n) is 10.4. The summed E-state index contributed by atoms with van der Waals surface area (Å²) in [6, 6.07) is 8.00. The van der Waals surface area contributed by atoms with E-state index in [0.717, 1.165) is 63.7 Å². The van der Waals surface area contributed by atoms with E-state index in [-0.39, 0.29) is 35.4 Å². The van der Waals surface area contributed by atoms with E-state index in [1.165, 1.54) is 38.3 Å². The van der Waals surface area contributed by atoms with Gasteiger partial charge >= 0.3 is 0 Å². The van der Waals surface area contributed by atoms with Crippen molar-refractivity contribution >= 4 is 29.6 Å². The number of piperidine rings is 1. The van der Waals surface area contributed by atoms with Gasteiger partial charge in [-0.05, 0) is 86.8 Å². The summed E-state index contributed by atoms with van der Waals surface area (Å²) in [7, 11) is 3.49. The summed E-state index contributed by atoms with van der Waals surface area (Å²) in [4.78, 5) is 38.6. The topological polar surface area (TPSA) is 95.7 Å². The second-order valence-corrected chi connectivity index (χ2v) is 13.4. The highest BCUT2D eigenvalue weighted by Gasteiger charge is 2.44. The van der Waals surface area contributed by atoms with Crippen LogP contribution >= 0.6 is 11.6 Å². The average Bonchev–Trinajstić information content (AvgIpc) is 3.55. The van der Waals surface area contributed by atoms with Gasteiger partial charge in [-0.2, -0.15) is 5.10 Å². The summed E-state index contributed by atoms with van der Waals surface area (Å²) in [5, 5.41) is 8.94. The minimum absolute atomic E-state index is 0.0482. The lowest BCUT2D eigenvalue weighted by molar-refractivity contribution is -0.137. The fourth-order valence-electron chi connectivity index (χ4n) is 7.81. The molecule has 10 heteroatoms. The van der Waals surface area contributed by atoms with Crippen LogP contribution in [0.1, 0.15) is 76.2 Å². The van der Waals surface area contributed by atoms with Crippen LogP contribution in [-0.2, 0) is 22.6 Å². The molecule has 3 fully saturated rings. The van der Waals surface area contributed by atoms with Gasteiger partial charge in [-0.1, -0.05) is 43.0 Å². The van der Waals surface area contributed by atoms with Crippen LogP contribution in [0.4, 0.5) is 0 Å². The normalized spacial score (nSPS) is 23.7. The standard InChI is InChI=1S/C33H48ClN7O2/c1-35-21-31(42)39(2)29-14-12-28(13-15-29)38-30(20-25-8-10-27(34)11-9-25)32(43)40-18-16-33(17-19-40,22-41-24-36-23-37-41)26-6-4-3-5-7-26/h8-11,21,23-24,26,28-30,38H,3-7,12-20,22H2,1-2H3/t28?,29?,30-/m1/s1. The zero-order valence-corrected chi connectivity index (χ0v) is 26.6. The number of nitrogens with zero attached hydrogens (tertiary/aromatic N) is 6. The van der Waals surface area contributed by atoms with Crippen LogP contribution in [0.5, 0.6) is 0 Å². The number of hydrogen-bond donors (Lipinski definition) is 1. The smallest absolute Gasteiger partial charge is 0.264 e. The van der Waals surface area contributed by atoms with Crippen molar-refractivity contribution in [1.82, 2.24) is 29.9 Å². The maximum Gasteiger partial charge on any atom is 0.264 e. The van der Waals surface area contributed by atoms with Crippen LogP contribution in [0, 0.1) is 11.3 Å². The molecule has 2 amide bonds. The Hall–Kier alpha value is -2.78. The lowest BCUT2D eigenvalue weighted by atomic mass is 9.63. The molecule has 0 unspecified atom stereocenters. The van der Waals surface area contributed by atoms with E-state index >= 15 is 0 Å². The number of nitrogens with one attached hydrogen (secondary N) is 1. The van der Waals surface area contributed by atoms with Gasteiger partial charge in [0, 0.05) is 50.8 Å². The van der Waals surface area contributed by atoms with E-state index in [9.17, 15) is 9.59 Å². The van der Waals surface area contributed by atoms with Gasteiger partial charge in [-0.25, -0.2) is 4.98 Å². The highest BCUT2D eigenvalue weighted by atomic mass is 35.5. The molecule has 2 saturated carbocycles. The van der Waals surface area contributed by atoms with Crippen molar-refractivity contribution in [3.8, 4) is 0 Å². The monoisotopic (exact) mass is 609 g/mol. The average molecular weight is 610 g/mol. The van der Waals surface area contributed by atoms with Crippen LogP contribution in [0.3, 0.4) is 0 Å². The first-order valence-electron chi connectivity index (χ1n) is 16.2. The van der Waals surface area contributed by atoms with E-state index < -0.39 is 0 Å². The fraction of sp³-hybridized carbons (Fsp3) is 0.667. The minimum atomic E-state index is -0.299. The predicted molar refractivity (Wildman–Crippen MR) is 170 cm³/mol. The highest BCUT2D eigenvalue weighted by Crippen LogP contribution is 2.47. The second kappa shape index (κ2) is 14.8. The third-order valence-corrected chi connectivity index (χ3v) is 10.7. The number of likely N-dealkylation sites (tertiary alicyclic amines) is 1. The van der Waals surface area contributed by atoms with E-state index in [0.29, 0.717) is 17.4 Å². The number of carbonyl (C=O) groups excluding carboxylic acids is 2. The van der Waals surface area contributed by atoms with Gasteiger partial charge in [-0.15, -0.1) is 0 Å². The second-order valence-electron chi connectivity index (χ2n) is 13.0. The third kappa shape index (κ3) is 8.04. The molecular formula is C33H48ClN7O2. The van der Waals surface area contributed by atoms with Crippen molar-refractivity contribution in [2.45, 2.75) is 102 Å². The molecular weight excluding hydrogens is 562 g/mol. The van der Waals surface area contributed by atoms with Crippen molar-refractivity contribution in [2.75, 3.05) is 27.2 Å². The Balaban J connectivity index is 1.25. The van der Waals surface area contributed by atoms with Gasteiger partial charge < -0.3 is 15.1 Å². The number of hydrogen-bond acceptors (Lipinski definition) is 6. The summed E-state index contributed by atoms with van der Waals surface area (Å²) in [6.07, 6.45) is 17.7. The number of rotatable bonds is 10. The Morgan fingerprint density at radius 1 is 1.09 bits per heavy atom. The maximum absolute atomic E-state index is 14.2. The van der Waals surface area contributed by atoms with Crippen molar-refractivity contribution < 1.29 is 9.59 Å². The summed E-state index contributed by atoms with van der Waals surface area (Å²) in [5.41, 5.74) is 1.27. The van der Waals surface area contributed by atoms with Gasteiger partial charge in [0.25, 0.3) is 5.91 Å². The number of carbonyl (C=O) groups is 2. The molecule has 1 aromatic heterocycles. The first-order chi connectivity index (χ1) is 20.9. The molecule has 2 heterocycles. The van der Waals surface area contributed by atoms with E-state index in [4.69, 9.17) is 11.6 Å². The lowest BCUT2D eigenvalue weighted by Gasteiger charge is -2.48. The molecule has 1 atom stereocenters. The van der Waals surface area contributed by atoms with Crippen molar-refractivity contribution in [1.29, 1.82) is 0 Å². The van der Waals surface area contributed by atoms with Gasteiger partial charge in [-0.3, -0.25) is 19.3 Å². The Bertz CT molecular complexity index is 1200. The Kier molecular flexibility index (Phi) is 10.9. The number of benzene rings is 1. The largest absolute Gasteiger partial charge is 0.341 e. The van der Waals surface area contributed by atoms with Crippen molar-refractivity contribution in [2.24, 2.45) is 16.3 Å². The zero-order valence-electron chi connectivity index (χ0n) is 25.8. The van der Waals surface area contributed by atoms with Crippen molar-refractivity contribution in [3.05, 3.63) is 47.5 Å². The Labute approximate surface area is 261 Å². The number of aromatic nitrogens is 3. The van der Waals surface area contributed by atoms with Gasteiger partial charge in [0.15, 0.2) is 0 Å². The molecule has 234 valence electrons. The number of aliphatic imine (C=N–C) groups is 1. The fourth-order valence-corrected chi connectivity index (χ4v) is 7.94. The minimum Gasteiger partial charge on any atom is -0.341 e. The summed E-state index contributed by atoms with van der Waals surface area (Å²) >= 11 is 6.17. The summed E-state index contributed by atoms with van der Waals surface area (Å²) in [6.45, 7) is 2.44. The van der Waals surface area contributed by atoms with Gasteiger partial charge in [0.05, 0.1) is 12.3 Å². The van der Waals surface area contributed by atoms with E-state index in [1.807, 2.05) is 47.2 Å². The highest BCUT2D eigenvalue weighted by molar-refractivity contribution is 6.30. The molecule has 2 aliphatic carbocycles. The van der Waals surface area contributed by atoms with Crippen LogP contribution in [0.2, 0.25) is 5.02 Å². The van der Waals surface area contributed by atoms with E-state index in [1.54, 1.807) is 13.4 Å². The summed E-state index contributed by atoms with van der Waals surface area (Å²) in [5.74, 6) is 0.823. The molecule has 0 spiro atoms. The van der Waals surface area contributed by atoms with Crippen LogP contribution in [-0.4, -0.2) is 87.9 Å². The van der Waals surface area contributed by atoms with Gasteiger partial charge in [0.1, 0.15) is 12.7 Å². The quantitative estimate of drug-likeness (QED) is 0.391. The van der Waals surface area contributed by atoms with Crippen molar-refractivity contribution in [3.63, 3.8) is 0 Å². The maximum atomic E-state index is 14.2. The molecule has 1 N–H and O–H groups in total. The molecule has 1 aliphatic heterocycles. The predicted octanol–water partition coefficient (Wildman–Crippen LogP) is 4.79. The molecule has 9 nitrogen and oxygen atoms in total. The Morgan fingerprint density at radius 2 is 1.79 bits per heavy atom. The molecule has 5 rings (SSSR count). The number of amides is 2. The SMILES string of the molecule is CN=CC(=O)N(C)C1CCC(N[C@H](Cc2ccc(Cl)cc2)C(=O)N2CCC(Cn3cncn3)(C3CCCCC3)CC2)CC1. The molecule has 43 heavy (non-hydrogen) atoms. The van der Waals surface area contributed by atoms with Crippen LogP contribution < -0.4 is 5.32 Å². The molecule has 1 saturated heterocycles. The number of halogens is 1. The molecule has 0 radical (unpaired) electrons. The Morgan fingerprint density at radius 3 is 2.42 bits per heavy atom. The van der Waals surface area contributed by atoms with Crippen LogP contribution in [0.15, 0.2) is 41.9 Å². The zero-order chi connectivity index (χ0) is 30.2. The molecule has 0 bridgehead atoms. The molecule has 1 aromatic carbocycles. The van der Waals surface area contributed by atoms with E-state index in [2.05, 4.69) is 25.3 Å². The first-order valence-corrected chi connectivity index (χ1v) is 16.6. The molecule has 3 aliphatic rings.